The summed E-state index contributed by atoms with van der Waals surface area (Å²) >= 11 is 6.12. The highest BCUT2D eigenvalue weighted by atomic mass is 35.5. The van der Waals surface area contributed by atoms with E-state index >= 15 is 0 Å². The van der Waals surface area contributed by atoms with Gasteiger partial charge in [-0.25, -0.2) is 4.79 Å². The normalized spacial score (nSPS) is 10.8. The van der Waals surface area contributed by atoms with Crippen molar-refractivity contribution in [2.45, 2.75) is 0 Å². The van der Waals surface area contributed by atoms with Crippen LogP contribution in [0.25, 0.3) is 22.1 Å². The van der Waals surface area contributed by atoms with Gasteiger partial charge in [-0.15, -0.1) is 0 Å². The maximum atomic E-state index is 12.0. The molecule has 0 aliphatic carbocycles. The van der Waals surface area contributed by atoms with Crippen LogP contribution in [0.5, 0.6) is 0 Å². The molecule has 0 spiro atoms. The number of hydrogen-bond donors (Lipinski definition) is 1. The van der Waals surface area contributed by atoms with Crippen LogP contribution in [0.15, 0.2) is 57.7 Å². The second kappa shape index (κ2) is 4.44. The van der Waals surface area contributed by atoms with Gasteiger partial charge in [0.2, 0.25) is 0 Å². The summed E-state index contributed by atoms with van der Waals surface area (Å²) in [6.45, 7) is 0. The number of anilines is 1. The molecule has 3 rings (SSSR count). The third-order valence-corrected chi connectivity index (χ3v) is 3.25. The fourth-order valence-corrected chi connectivity index (χ4v) is 2.22. The molecule has 94 valence electrons. The van der Waals surface area contributed by atoms with Crippen LogP contribution in [-0.2, 0) is 0 Å². The number of fused-ring (bicyclic) bond motifs is 1. The van der Waals surface area contributed by atoms with Gasteiger partial charge in [0.05, 0.1) is 5.56 Å². The average Bonchev–Trinajstić information content (AvgIpc) is 2.41. The third-order valence-electron chi connectivity index (χ3n) is 2.92. The van der Waals surface area contributed by atoms with E-state index in [4.69, 9.17) is 21.8 Å². The molecule has 0 fully saturated rings. The monoisotopic (exact) mass is 271 g/mol. The summed E-state index contributed by atoms with van der Waals surface area (Å²) in [4.78, 5) is 12.0. The predicted octanol–water partition coefficient (Wildman–Crippen LogP) is 3.70. The molecule has 3 aromatic rings. The SMILES string of the molecule is Nc1ccc(Cl)c(-c2cc3ccccc3oc2=O)c1. The van der Waals surface area contributed by atoms with Crippen LogP contribution in [0.2, 0.25) is 5.02 Å². The standard InChI is InChI=1S/C15H10ClNO2/c16-13-6-5-10(17)8-11(13)12-7-9-3-1-2-4-14(9)19-15(12)18/h1-8H,17H2. The molecule has 0 aliphatic heterocycles. The number of nitrogen functional groups attached to an aromatic ring is 1. The highest BCUT2D eigenvalue weighted by Crippen LogP contribution is 2.29. The van der Waals surface area contributed by atoms with Crippen molar-refractivity contribution in [2.75, 3.05) is 5.73 Å². The van der Waals surface area contributed by atoms with Crippen LogP contribution in [0.4, 0.5) is 5.69 Å². The van der Waals surface area contributed by atoms with Gasteiger partial charge in [-0.2, -0.15) is 0 Å². The van der Waals surface area contributed by atoms with E-state index in [1.807, 2.05) is 18.2 Å². The molecule has 0 atom stereocenters. The Morgan fingerprint density at radius 3 is 2.63 bits per heavy atom. The fraction of sp³-hybridized carbons (Fsp3) is 0. The minimum absolute atomic E-state index is 0.413. The van der Waals surface area contributed by atoms with Crippen molar-refractivity contribution in [3.05, 3.63) is 64.0 Å². The maximum Gasteiger partial charge on any atom is 0.344 e. The van der Waals surface area contributed by atoms with E-state index in [1.165, 1.54) is 0 Å². The summed E-state index contributed by atoms with van der Waals surface area (Å²) in [5.41, 5.74) is 7.41. The molecular formula is C15H10ClNO2. The first-order chi connectivity index (χ1) is 9.15. The molecule has 0 bridgehead atoms. The van der Waals surface area contributed by atoms with Crippen LogP contribution in [0.1, 0.15) is 0 Å². The molecule has 1 heterocycles. The van der Waals surface area contributed by atoms with Crippen molar-refractivity contribution in [3.63, 3.8) is 0 Å². The molecule has 3 nitrogen and oxygen atoms in total. The van der Waals surface area contributed by atoms with Crippen molar-refractivity contribution in [3.8, 4) is 11.1 Å². The second-order valence-electron chi connectivity index (χ2n) is 4.22. The molecule has 0 saturated carbocycles. The van der Waals surface area contributed by atoms with Gasteiger partial charge in [-0.05, 0) is 30.3 Å². The van der Waals surface area contributed by atoms with E-state index in [1.54, 1.807) is 30.3 Å². The largest absolute Gasteiger partial charge is 0.422 e. The van der Waals surface area contributed by atoms with Gasteiger partial charge < -0.3 is 10.2 Å². The van der Waals surface area contributed by atoms with Gasteiger partial charge in [0.15, 0.2) is 0 Å². The topological polar surface area (TPSA) is 56.2 Å². The van der Waals surface area contributed by atoms with E-state index in [0.29, 0.717) is 27.4 Å². The van der Waals surface area contributed by atoms with Gasteiger partial charge >= 0.3 is 5.63 Å². The number of rotatable bonds is 1. The minimum Gasteiger partial charge on any atom is -0.422 e. The molecule has 0 radical (unpaired) electrons. The number of benzene rings is 2. The summed E-state index contributed by atoms with van der Waals surface area (Å²) in [5, 5.41) is 1.31. The summed E-state index contributed by atoms with van der Waals surface area (Å²) in [6, 6.07) is 14.1. The summed E-state index contributed by atoms with van der Waals surface area (Å²) in [7, 11) is 0. The minimum atomic E-state index is -0.425. The van der Waals surface area contributed by atoms with Crippen LogP contribution < -0.4 is 11.4 Å². The Morgan fingerprint density at radius 1 is 1.00 bits per heavy atom. The number of halogens is 1. The molecule has 2 N–H and O–H groups in total. The van der Waals surface area contributed by atoms with Crippen molar-refractivity contribution in [1.82, 2.24) is 0 Å². The van der Waals surface area contributed by atoms with Gasteiger partial charge in [-0.1, -0.05) is 29.8 Å². The van der Waals surface area contributed by atoms with Crippen LogP contribution in [-0.4, -0.2) is 0 Å². The summed E-state index contributed by atoms with van der Waals surface area (Å²) in [5.74, 6) is 0. The lowest BCUT2D eigenvalue weighted by Gasteiger charge is -2.05. The Labute approximate surface area is 114 Å². The lowest BCUT2D eigenvalue weighted by Crippen LogP contribution is -2.03. The lowest BCUT2D eigenvalue weighted by atomic mass is 10.1. The molecule has 19 heavy (non-hydrogen) atoms. The third kappa shape index (κ3) is 2.09. The van der Waals surface area contributed by atoms with Gasteiger partial charge in [-0.3, -0.25) is 0 Å². The molecular weight excluding hydrogens is 262 g/mol. The summed E-state index contributed by atoms with van der Waals surface area (Å²) in [6.07, 6.45) is 0. The molecule has 1 aromatic heterocycles. The van der Waals surface area contributed by atoms with Gasteiger partial charge in [0, 0.05) is 21.7 Å². The predicted molar refractivity (Wildman–Crippen MR) is 77.3 cm³/mol. The van der Waals surface area contributed by atoms with Crippen molar-refractivity contribution in [2.24, 2.45) is 0 Å². The molecule has 4 heteroatoms. The van der Waals surface area contributed by atoms with Crippen LogP contribution in [0.3, 0.4) is 0 Å². The van der Waals surface area contributed by atoms with E-state index in [-0.39, 0.29) is 0 Å². The van der Waals surface area contributed by atoms with E-state index in [2.05, 4.69) is 0 Å². The fourth-order valence-electron chi connectivity index (χ4n) is 2.00. The molecule has 0 unspecified atom stereocenters. The van der Waals surface area contributed by atoms with Gasteiger partial charge in [0.25, 0.3) is 0 Å². The first-order valence-electron chi connectivity index (χ1n) is 5.73. The first kappa shape index (κ1) is 11.8. The smallest absolute Gasteiger partial charge is 0.344 e. The second-order valence-corrected chi connectivity index (χ2v) is 4.63. The Kier molecular flexibility index (Phi) is 2.76. The molecule has 0 aliphatic rings. The van der Waals surface area contributed by atoms with E-state index in [9.17, 15) is 4.79 Å². The molecule has 0 amide bonds. The average molecular weight is 272 g/mol. The number of nitrogens with two attached hydrogens (primary N) is 1. The highest BCUT2D eigenvalue weighted by Gasteiger charge is 2.11. The highest BCUT2D eigenvalue weighted by molar-refractivity contribution is 6.33. The zero-order valence-corrected chi connectivity index (χ0v) is 10.6. The Hall–Kier alpha value is -2.26. The van der Waals surface area contributed by atoms with E-state index < -0.39 is 5.63 Å². The van der Waals surface area contributed by atoms with Gasteiger partial charge in [0.1, 0.15) is 5.58 Å². The maximum absolute atomic E-state index is 12.0. The molecule has 0 saturated heterocycles. The van der Waals surface area contributed by atoms with Crippen molar-refractivity contribution >= 4 is 28.3 Å². The molecule has 2 aromatic carbocycles. The quantitative estimate of drug-likeness (QED) is 0.542. The van der Waals surface area contributed by atoms with Crippen LogP contribution >= 0.6 is 11.6 Å². The zero-order chi connectivity index (χ0) is 13.4. The Balaban J connectivity index is 2.33. The number of hydrogen-bond acceptors (Lipinski definition) is 3. The van der Waals surface area contributed by atoms with E-state index in [0.717, 1.165) is 5.39 Å². The van der Waals surface area contributed by atoms with Crippen LogP contribution in [0, 0.1) is 0 Å². The van der Waals surface area contributed by atoms with Crippen molar-refractivity contribution < 1.29 is 4.42 Å². The Bertz CT molecular complexity index is 824. The van der Waals surface area contributed by atoms with Crippen molar-refractivity contribution in [1.29, 1.82) is 0 Å². The first-order valence-corrected chi connectivity index (χ1v) is 6.11. The lowest BCUT2D eigenvalue weighted by molar-refractivity contribution is 0.563. The Morgan fingerprint density at radius 2 is 1.79 bits per heavy atom. The summed E-state index contributed by atoms with van der Waals surface area (Å²) < 4.78 is 5.29. The number of para-hydroxylation sites is 1. The zero-order valence-electron chi connectivity index (χ0n) is 9.89.